The molecule has 2 N–H and O–H groups in total. The lowest BCUT2D eigenvalue weighted by Crippen LogP contribution is -2.22. The van der Waals surface area contributed by atoms with Crippen molar-refractivity contribution in [3.8, 4) is 11.5 Å². The number of pyridine rings is 1. The lowest BCUT2D eigenvalue weighted by Gasteiger charge is -2.09. The Morgan fingerprint density at radius 3 is 2.79 bits per heavy atom. The van der Waals surface area contributed by atoms with Crippen LogP contribution in [0.3, 0.4) is 0 Å². The molecule has 19 heavy (non-hydrogen) atoms. The molecule has 100 valence electrons. The van der Waals surface area contributed by atoms with E-state index in [1.165, 1.54) is 0 Å². The van der Waals surface area contributed by atoms with Crippen LogP contribution >= 0.6 is 31.9 Å². The Bertz CT molecular complexity index is 574. The van der Waals surface area contributed by atoms with Gasteiger partial charge in [-0.2, -0.15) is 0 Å². The maximum absolute atomic E-state index is 5.95. The van der Waals surface area contributed by atoms with E-state index in [9.17, 15) is 0 Å². The molecule has 0 aliphatic rings. The quantitative estimate of drug-likeness (QED) is 0.876. The van der Waals surface area contributed by atoms with Gasteiger partial charge in [-0.15, -0.1) is 0 Å². The van der Waals surface area contributed by atoms with Gasteiger partial charge in [0, 0.05) is 39.5 Å². The summed E-state index contributed by atoms with van der Waals surface area (Å²) in [4.78, 5) is 13.1. The van der Waals surface area contributed by atoms with Crippen molar-refractivity contribution in [2.24, 2.45) is 5.73 Å². The highest BCUT2D eigenvalue weighted by atomic mass is 79.9. The molecule has 0 saturated heterocycles. The van der Waals surface area contributed by atoms with Crippen molar-refractivity contribution >= 4 is 31.9 Å². The minimum absolute atomic E-state index is 0.129. The molecule has 1 unspecified atom stereocenters. The summed E-state index contributed by atoms with van der Waals surface area (Å²) in [6.07, 6.45) is 5.16. The molecule has 0 aliphatic carbocycles. The van der Waals surface area contributed by atoms with Gasteiger partial charge in [-0.05, 0) is 50.4 Å². The Morgan fingerprint density at radius 1 is 1.32 bits per heavy atom. The van der Waals surface area contributed by atoms with E-state index in [0.29, 0.717) is 5.82 Å². The molecule has 2 rings (SSSR count). The van der Waals surface area contributed by atoms with Crippen LogP contribution in [-0.4, -0.2) is 21.0 Å². The maximum Gasteiger partial charge on any atom is 0.179 e. The molecule has 0 amide bonds. The van der Waals surface area contributed by atoms with E-state index >= 15 is 0 Å². The Hall–Kier alpha value is -0.850. The van der Waals surface area contributed by atoms with E-state index < -0.39 is 0 Å². The summed E-state index contributed by atoms with van der Waals surface area (Å²) in [5.74, 6) is 0.611. The second-order valence-corrected chi connectivity index (χ2v) is 6.00. The fourth-order valence-corrected chi connectivity index (χ4v) is 2.78. The van der Waals surface area contributed by atoms with Gasteiger partial charge in [0.2, 0.25) is 0 Å². The van der Waals surface area contributed by atoms with Crippen LogP contribution in [0.15, 0.2) is 33.5 Å². The average molecular weight is 386 g/mol. The molecular weight excluding hydrogens is 372 g/mol. The largest absolute Gasteiger partial charge is 0.327 e. The summed E-state index contributed by atoms with van der Waals surface area (Å²) in [6, 6.07) is 3.95. The van der Waals surface area contributed by atoms with Crippen LogP contribution in [0.2, 0.25) is 0 Å². The van der Waals surface area contributed by atoms with E-state index in [-0.39, 0.29) is 6.04 Å². The van der Waals surface area contributed by atoms with Gasteiger partial charge >= 0.3 is 0 Å². The monoisotopic (exact) mass is 384 g/mol. The lowest BCUT2D eigenvalue weighted by atomic mass is 10.1. The number of halogens is 2. The number of nitrogens with zero attached hydrogens (tertiary/aromatic N) is 3. The van der Waals surface area contributed by atoms with Crippen LogP contribution in [0.4, 0.5) is 0 Å². The SMILES string of the molecule is CCC(N)Cc1ccnc(-c2ncc(Br)cc2Br)n1. The van der Waals surface area contributed by atoms with Gasteiger partial charge in [0.1, 0.15) is 5.69 Å². The van der Waals surface area contributed by atoms with Crippen molar-refractivity contribution in [1.82, 2.24) is 15.0 Å². The van der Waals surface area contributed by atoms with Crippen LogP contribution in [0, 0.1) is 0 Å². The van der Waals surface area contributed by atoms with Gasteiger partial charge in [0.15, 0.2) is 5.82 Å². The Labute approximate surface area is 129 Å². The summed E-state index contributed by atoms with van der Waals surface area (Å²) in [5, 5.41) is 0. The van der Waals surface area contributed by atoms with Crippen molar-refractivity contribution < 1.29 is 0 Å². The van der Waals surface area contributed by atoms with Crippen LogP contribution in [0.25, 0.3) is 11.5 Å². The molecule has 1 atom stereocenters. The normalized spacial score (nSPS) is 12.4. The topological polar surface area (TPSA) is 64.7 Å². The minimum Gasteiger partial charge on any atom is -0.327 e. The third-order valence-corrected chi connectivity index (χ3v) is 3.77. The molecule has 2 aromatic rings. The zero-order valence-corrected chi connectivity index (χ0v) is 13.6. The molecule has 0 fully saturated rings. The third kappa shape index (κ3) is 3.81. The first kappa shape index (κ1) is 14.6. The molecule has 0 saturated carbocycles. The average Bonchev–Trinajstić information content (AvgIpc) is 2.39. The first-order valence-corrected chi connectivity index (χ1v) is 7.57. The molecule has 0 aliphatic heterocycles. The van der Waals surface area contributed by atoms with Crippen LogP contribution in [0.5, 0.6) is 0 Å². The van der Waals surface area contributed by atoms with E-state index in [1.807, 2.05) is 12.1 Å². The highest BCUT2D eigenvalue weighted by Crippen LogP contribution is 2.26. The van der Waals surface area contributed by atoms with Gasteiger partial charge in [0.25, 0.3) is 0 Å². The summed E-state index contributed by atoms with van der Waals surface area (Å²) >= 11 is 6.85. The Morgan fingerprint density at radius 2 is 2.11 bits per heavy atom. The van der Waals surface area contributed by atoms with Crippen molar-refractivity contribution in [3.63, 3.8) is 0 Å². The second kappa shape index (κ2) is 6.54. The smallest absolute Gasteiger partial charge is 0.179 e. The maximum atomic E-state index is 5.95. The summed E-state index contributed by atoms with van der Waals surface area (Å²) in [5.41, 5.74) is 7.62. The van der Waals surface area contributed by atoms with Gasteiger partial charge in [-0.1, -0.05) is 6.92 Å². The Balaban J connectivity index is 2.32. The molecule has 0 bridgehead atoms. The molecule has 0 aromatic carbocycles. The van der Waals surface area contributed by atoms with Crippen molar-refractivity contribution in [2.75, 3.05) is 0 Å². The highest BCUT2D eigenvalue weighted by molar-refractivity contribution is 9.11. The minimum atomic E-state index is 0.129. The zero-order chi connectivity index (χ0) is 13.8. The second-order valence-electron chi connectivity index (χ2n) is 4.23. The summed E-state index contributed by atoms with van der Waals surface area (Å²) < 4.78 is 1.77. The van der Waals surface area contributed by atoms with Gasteiger partial charge in [-0.25, -0.2) is 9.97 Å². The Kier molecular flexibility index (Phi) is 5.01. The number of aromatic nitrogens is 3. The lowest BCUT2D eigenvalue weighted by molar-refractivity contribution is 0.636. The highest BCUT2D eigenvalue weighted by Gasteiger charge is 2.10. The van der Waals surface area contributed by atoms with Gasteiger partial charge in [-0.3, -0.25) is 4.98 Å². The predicted octanol–water partition coefficient (Wildman–Crippen LogP) is 3.34. The number of hydrogen-bond acceptors (Lipinski definition) is 4. The van der Waals surface area contributed by atoms with Crippen LogP contribution in [0.1, 0.15) is 19.0 Å². The summed E-state index contributed by atoms with van der Waals surface area (Å²) in [7, 11) is 0. The molecule has 0 spiro atoms. The van der Waals surface area contributed by atoms with Crippen molar-refractivity contribution in [1.29, 1.82) is 0 Å². The first-order chi connectivity index (χ1) is 9.10. The van der Waals surface area contributed by atoms with E-state index in [1.54, 1.807) is 12.4 Å². The molecule has 6 heteroatoms. The van der Waals surface area contributed by atoms with Crippen molar-refractivity contribution in [2.45, 2.75) is 25.8 Å². The fraction of sp³-hybridized carbons (Fsp3) is 0.308. The van der Waals surface area contributed by atoms with Gasteiger partial charge < -0.3 is 5.73 Å². The van der Waals surface area contributed by atoms with E-state index in [0.717, 1.165) is 33.2 Å². The van der Waals surface area contributed by atoms with E-state index in [4.69, 9.17) is 5.73 Å². The third-order valence-electron chi connectivity index (χ3n) is 2.73. The zero-order valence-electron chi connectivity index (χ0n) is 10.5. The number of rotatable bonds is 4. The summed E-state index contributed by atoms with van der Waals surface area (Å²) in [6.45, 7) is 2.07. The standard InChI is InChI=1S/C13H14Br2N4/c1-2-9(16)6-10-3-4-17-13(19-10)12-11(15)5-8(14)7-18-12/h3-5,7,9H,2,6,16H2,1H3. The fourth-order valence-electron chi connectivity index (χ4n) is 1.62. The molecule has 0 radical (unpaired) electrons. The molecular formula is C13H14Br2N4. The number of nitrogens with two attached hydrogens (primary N) is 1. The molecule has 4 nitrogen and oxygen atoms in total. The number of hydrogen-bond donors (Lipinski definition) is 1. The predicted molar refractivity (Wildman–Crippen MR) is 82.6 cm³/mol. The van der Waals surface area contributed by atoms with Crippen molar-refractivity contribution in [3.05, 3.63) is 39.2 Å². The van der Waals surface area contributed by atoms with Crippen LogP contribution in [-0.2, 0) is 6.42 Å². The van der Waals surface area contributed by atoms with Crippen LogP contribution < -0.4 is 5.73 Å². The molecule has 2 heterocycles. The molecule has 2 aromatic heterocycles. The van der Waals surface area contributed by atoms with E-state index in [2.05, 4.69) is 53.7 Å². The first-order valence-electron chi connectivity index (χ1n) is 5.99. The van der Waals surface area contributed by atoms with Gasteiger partial charge in [0.05, 0.1) is 0 Å².